The third-order valence-electron chi connectivity index (χ3n) is 0.661. The van der Waals surface area contributed by atoms with Gasteiger partial charge in [0.25, 0.3) is 0 Å². The molecule has 0 unspecified atom stereocenters. The van der Waals surface area contributed by atoms with Crippen molar-refractivity contribution in [2.24, 2.45) is 0 Å². The van der Waals surface area contributed by atoms with Crippen LogP contribution in [-0.4, -0.2) is 0 Å². The van der Waals surface area contributed by atoms with E-state index in [9.17, 15) is 0 Å². The molecule has 0 aliphatic carbocycles. The number of pyridine rings is 1. The molecule has 0 spiro atoms. The van der Waals surface area contributed by atoms with Gasteiger partial charge in [0.05, 0.1) is 0 Å². The summed E-state index contributed by atoms with van der Waals surface area (Å²) in [6.45, 7) is 0. The third-order valence-corrected chi connectivity index (χ3v) is 1.12. The zero-order chi connectivity index (χ0) is 5.11. The van der Waals surface area contributed by atoms with Crippen LogP contribution >= 0.6 is 0 Å². The van der Waals surface area contributed by atoms with E-state index in [2.05, 4.69) is 19.4 Å². The van der Waals surface area contributed by atoms with Crippen LogP contribution in [0.3, 0.4) is 0 Å². The van der Waals surface area contributed by atoms with Crippen LogP contribution in [0.4, 0.5) is 0 Å². The van der Waals surface area contributed by atoms with Gasteiger partial charge in [-0.25, -0.2) is 0 Å². The molecule has 0 aliphatic rings. The Hall–Kier alpha value is -0.188. The number of hydrogen-bond acceptors (Lipinski definition) is 0. The molecule has 1 aromatic heterocycles. The SMILES string of the molecule is [Pd][n+]1ccccc1. The monoisotopic (exact) mass is 185 g/mol. The van der Waals surface area contributed by atoms with E-state index in [1.807, 2.05) is 33.8 Å². The molecule has 0 radical (unpaired) electrons. The van der Waals surface area contributed by atoms with Crippen molar-refractivity contribution >= 4 is 0 Å². The molecule has 0 amide bonds. The molecule has 1 nitrogen and oxygen atoms in total. The molecule has 0 bridgehead atoms. The van der Waals surface area contributed by atoms with Crippen molar-refractivity contribution in [2.75, 3.05) is 0 Å². The van der Waals surface area contributed by atoms with E-state index in [-0.39, 0.29) is 0 Å². The second kappa shape index (κ2) is 2.21. The van der Waals surface area contributed by atoms with Gasteiger partial charge in [0.15, 0.2) is 0 Å². The zero-order valence-electron chi connectivity index (χ0n) is 3.65. The van der Waals surface area contributed by atoms with E-state index >= 15 is 0 Å². The minimum atomic E-state index is 1.85. The molecule has 0 N–H and O–H groups in total. The summed E-state index contributed by atoms with van der Waals surface area (Å²) in [5, 5.41) is 0. The molecule has 7 heavy (non-hydrogen) atoms. The van der Waals surface area contributed by atoms with Crippen molar-refractivity contribution in [3.8, 4) is 0 Å². The quantitative estimate of drug-likeness (QED) is 0.512. The first-order chi connectivity index (χ1) is 3.39. The van der Waals surface area contributed by atoms with Crippen LogP contribution in [-0.2, 0) is 19.4 Å². The van der Waals surface area contributed by atoms with Gasteiger partial charge in [-0.2, -0.15) is 0 Å². The summed E-state index contributed by atoms with van der Waals surface area (Å²) in [6, 6.07) is 5.90. The van der Waals surface area contributed by atoms with Crippen LogP contribution < -0.4 is 3.20 Å². The van der Waals surface area contributed by atoms with Gasteiger partial charge >= 0.3 is 53.2 Å². The van der Waals surface area contributed by atoms with Crippen LogP contribution in [0.25, 0.3) is 0 Å². The van der Waals surface area contributed by atoms with Crippen LogP contribution in [0.15, 0.2) is 30.6 Å². The summed E-state index contributed by atoms with van der Waals surface area (Å²) < 4.78 is 1.85. The standard InChI is InChI=1S/C5H5N.Pd/c1-2-4-6-5-3-1;/h1-5H;/q;+1. The number of rotatable bonds is 0. The first kappa shape index (κ1) is 4.96. The molecular weight excluding hydrogens is 180 g/mol. The van der Waals surface area contributed by atoms with E-state index in [1.165, 1.54) is 0 Å². The van der Waals surface area contributed by atoms with E-state index in [0.717, 1.165) is 0 Å². The number of aromatic nitrogens is 1. The molecular formula is C5H5NPd+. The summed E-state index contributed by atoms with van der Waals surface area (Å²) in [5.74, 6) is 0. The molecule has 1 heterocycles. The Morgan fingerprint density at radius 3 is 1.86 bits per heavy atom. The summed E-state index contributed by atoms with van der Waals surface area (Å²) in [7, 11) is 0. The topological polar surface area (TPSA) is 3.88 Å². The molecule has 0 aromatic carbocycles. The number of nitrogens with zero attached hydrogens (tertiary/aromatic N) is 1. The third kappa shape index (κ3) is 1.38. The van der Waals surface area contributed by atoms with Crippen molar-refractivity contribution in [1.29, 1.82) is 0 Å². The molecule has 0 atom stereocenters. The van der Waals surface area contributed by atoms with Gasteiger partial charge in [-0.1, -0.05) is 0 Å². The fraction of sp³-hybridized carbons (Fsp3) is 0. The zero-order valence-corrected chi connectivity index (χ0v) is 5.20. The Bertz CT molecular complexity index is 138. The molecule has 1 aromatic rings. The van der Waals surface area contributed by atoms with Crippen LogP contribution in [0, 0.1) is 0 Å². The average molecular weight is 186 g/mol. The fourth-order valence-electron chi connectivity index (χ4n) is 0.367. The predicted octanol–water partition coefficient (Wildman–Crippen LogP) is 0.284. The molecule has 0 saturated heterocycles. The summed E-state index contributed by atoms with van der Waals surface area (Å²) >= 11 is 2.98. The van der Waals surface area contributed by atoms with Crippen molar-refractivity contribution in [2.45, 2.75) is 0 Å². The Morgan fingerprint density at radius 1 is 1.00 bits per heavy atom. The van der Waals surface area contributed by atoms with E-state index in [4.69, 9.17) is 0 Å². The Morgan fingerprint density at radius 2 is 1.57 bits per heavy atom. The summed E-state index contributed by atoms with van der Waals surface area (Å²) in [5.41, 5.74) is 0. The van der Waals surface area contributed by atoms with E-state index in [0.29, 0.717) is 0 Å². The normalized spacial score (nSPS) is 8.86. The van der Waals surface area contributed by atoms with Crippen LogP contribution in [0.1, 0.15) is 0 Å². The molecule has 2 heteroatoms. The fourth-order valence-corrected chi connectivity index (χ4v) is 0.635. The van der Waals surface area contributed by atoms with Crippen molar-refractivity contribution in [3.63, 3.8) is 0 Å². The van der Waals surface area contributed by atoms with Gasteiger partial charge < -0.3 is 0 Å². The van der Waals surface area contributed by atoms with Gasteiger partial charge in [0, 0.05) is 0 Å². The van der Waals surface area contributed by atoms with Gasteiger partial charge in [0.1, 0.15) is 0 Å². The summed E-state index contributed by atoms with van der Waals surface area (Å²) in [4.78, 5) is 0. The second-order valence-corrected chi connectivity index (χ2v) is 1.99. The Balaban J connectivity index is 3.02. The molecule has 0 aliphatic heterocycles. The van der Waals surface area contributed by atoms with Gasteiger partial charge in [-0.15, -0.1) is 0 Å². The van der Waals surface area contributed by atoms with E-state index < -0.39 is 0 Å². The Kier molecular flexibility index (Phi) is 1.56. The van der Waals surface area contributed by atoms with E-state index in [1.54, 1.807) is 0 Å². The average Bonchev–Trinajstić information content (AvgIpc) is 1.69. The molecule has 0 saturated carbocycles. The molecule has 1 rings (SSSR count). The maximum atomic E-state index is 2.98. The van der Waals surface area contributed by atoms with Crippen molar-refractivity contribution < 1.29 is 22.6 Å². The first-order valence-electron chi connectivity index (χ1n) is 1.99. The van der Waals surface area contributed by atoms with Crippen molar-refractivity contribution in [3.05, 3.63) is 30.6 Å². The second-order valence-electron chi connectivity index (χ2n) is 1.19. The van der Waals surface area contributed by atoms with Crippen molar-refractivity contribution in [1.82, 2.24) is 0 Å². The van der Waals surface area contributed by atoms with Gasteiger partial charge in [-0.05, 0) is 0 Å². The van der Waals surface area contributed by atoms with Crippen LogP contribution in [0.5, 0.6) is 0 Å². The van der Waals surface area contributed by atoms with Gasteiger partial charge in [0.2, 0.25) is 0 Å². The Labute approximate surface area is 53.7 Å². The number of hydrogen-bond donors (Lipinski definition) is 0. The minimum absolute atomic E-state index is 1.85. The van der Waals surface area contributed by atoms with Crippen LogP contribution in [0.2, 0.25) is 0 Å². The first-order valence-corrected chi connectivity index (χ1v) is 2.69. The van der Waals surface area contributed by atoms with Gasteiger partial charge in [-0.3, -0.25) is 0 Å². The maximum absolute atomic E-state index is 2.98. The summed E-state index contributed by atoms with van der Waals surface area (Å²) in [6.07, 6.45) is 3.87. The molecule has 0 fully saturated rings. The molecule has 39 valence electrons. The predicted molar refractivity (Wildman–Crippen MR) is 22.0 cm³/mol.